The van der Waals surface area contributed by atoms with E-state index in [0.29, 0.717) is 6.42 Å². The van der Waals surface area contributed by atoms with Crippen LogP contribution in [0.15, 0.2) is 24.3 Å². The largest absolute Gasteiger partial charge is 0.508 e. The van der Waals surface area contributed by atoms with Crippen molar-refractivity contribution in [2.75, 3.05) is 6.54 Å². The molecule has 0 heterocycles. The Hall–Kier alpha value is -1.06. The van der Waals surface area contributed by atoms with Crippen molar-refractivity contribution in [1.82, 2.24) is 0 Å². The van der Waals surface area contributed by atoms with Gasteiger partial charge in [0.05, 0.1) is 5.60 Å². The highest BCUT2D eigenvalue weighted by Crippen LogP contribution is 2.23. The number of hydrogen-bond acceptors (Lipinski definition) is 3. The van der Waals surface area contributed by atoms with Gasteiger partial charge in [-0.15, -0.1) is 0 Å². The van der Waals surface area contributed by atoms with E-state index in [2.05, 4.69) is 0 Å². The third-order valence-electron chi connectivity index (χ3n) is 2.85. The highest BCUT2D eigenvalue weighted by molar-refractivity contribution is 5.28. The number of rotatable bonds is 4. The number of nitrogens with two attached hydrogens (primary N) is 1. The van der Waals surface area contributed by atoms with Gasteiger partial charge < -0.3 is 15.9 Å². The van der Waals surface area contributed by atoms with Crippen LogP contribution in [0.3, 0.4) is 0 Å². The number of phenolic OH excluding ortho intramolecular Hbond substituents is 1. The van der Waals surface area contributed by atoms with Gasteiger partial charge in [0.2, 0.25) is 0 Å². The quantitative estimate of drug-likeness (QED) is 0.700. The minimum Gasteiger partial charge on any atom is -0.508 e. The van der Waals surface area contributed by atoms with Crippen LogP contribution in [0.2, 0.25) is 0 Å². The number of aliphatic hydroxyl groups is 1. The minimum absolute atomic E-state index is 0.0878. The molecule has 84 valence electrons. The molecule has 3 nitrogen and oxygen atoms in total. The molecule has 0 aromatic heterocycles. The molecule has 15 heavy (non-hydrogen) atoms. The molecule has 3 heteroatoms. The molecule has 0 amide bonds. The molecule has 0 aliphatic carbocycles. The van der Waals surface area contributed by atoms with Crippen LogP contribution in [0.1, 0.15) is 19.4 Å². The molecule has 1 aromatic carbocycles. The summed E-state index contributed by atoms with van der Waals surface area (Å²) in [5, 5.41) is 19.5. The zero-order chi connectivity index (χ0) is 11.5. The summed E-state index contributed by atoms with van der Waals surface area (Å²) < 4.78 is 0. The first kappa shape index (κ1) is 12.0. The molecule has 1 unspecified atom stereocenters. The van der Waals surface area contributed by atoms with Crippen molar-refractivity contribution in [3.8, 4) is 5.75 Å². The Bertz CT molecular complexity index is 325. The van der Waals surface area contributed by atoms with Crippen LogP contribution in [0, 0.1) is 5.92 Å². The lowest BCUT2D eigenvalue weighted by molar-refractivity contribution is 0.00405. The fourth-order valence-electron chi connectivity index (χ4n) is 1.53. The third kappa shape index (κ3) is 2.94. The summed E-state index contributed by atoms with van der Waals surface area (Å²) in [6.07, 6.45) is 0.468. The molecular weight excluding hydrogens is 190 g/mol. The Labute approximate surface area is 90.5 Å². The Morgan fingerprint density at radius 2 is 2.07 bits per heavy atom. The summed E-state index contributed by atoms with van der Waals surface area (Å²) in [5.74, 6) is 0.306. The predicted octanol–water partition coefficient (Wildman–Crippen LogP) is 1.28. The van der Waals surface area contributed by atoms with E-state index in [4.69, 9.17) is 5.73 Å². The standard InChI is InChI=1S/C12H19NO2/c1-9(2)12(15,8-13)7-10-4-3-5-11(14)6-10/h3-6,9,14-15H,7-8,13H2,1-2H3. The molecule has 0 saturated heterocycles. The van der Waals surface area contributed by atoms with E-state index >= 15 is 0 Å². The minimum atomic E-state index is -0.895. The maximum absolute atomic E-state index is 10.2. The molecule has 0 aliphatic heterocycles. The lowest BCUT2D eigenvalue weighted by Crippen LogP contribution is -2.44. The smallest absolute Gasteiger partial charge is 0.115 e. The average Bonchev–Trinajstić information content (AvgIpc) is 2.17. The summed E-state index contributed by atoms with van der Waals surface area (Å²) in [6, 6.07) is 6.91. The average molecular weight is 209 g/mol. The Morgan fingerprint density at radius 1 is 1.40 bits per heavy atom. The molecule has 0 radical (unpaired) electrons. The van der Waals surface area contributed by atoms with Gasteiger partial charge in [0, 0.05) is 13.0 Å². The highest BCUT2D eigenvalue weighted by atomic mass is 16.3. The third-order valence-corrected chi connectivity index (χ3v) is 2.85. The summed E-state index contributed by atoms with van der Waals surface area (Å²) in [6.45, 7) is 4.10. The zero-order valence-corrected chi connectivity index (χ0v) is 9.27. The molecule has 0 aliphatic rings. The van der Waals surface area contributed by atoms with Crippen molar-refractivity contribution in [2.45, 2.75) is 25.9 Å². The second-order valence-electron chi connectivity index (χ2n) is 4.31. The van der Waals surface area contributed by atoms with Gasteiger partial charge in [-0.05, 0) is 23.6 Å². The van der Waals surface area contributed by atoms with E-state index in [1.54, 1.807) is 18.2 Å². The van der Waals surface area contributed by atoms with Crippen LogP contribution in [0.4, 0.5) is 0 Å². The van der Waals surface area contributed by atoms with Crippen LogP contribution in [-0.4, -0.2) is 22.4 Å². The monoisotopic (exact) mass is 209 g/mol. The molecule has 1 aromatic rings. The van der Waals surface area contributed by atoms with Gasteiger partial charge in [0.15, 0.2) is 0 Å². The van der Waals surface area contributed by atoms with Crippen molar-refractivity contribution >= 4 is 0 Å². The zero-order valence-electron chi connectivity index (χ0n) is 9.27. The topological polar surface area (TPSA) is 66.5 Å². The van der Waals surface area contributed by atoms with Gasteiger partial charge in [-0.3, -0.25) is 0 Å². The van der Waals surface area contributed by atoms with Crippen LogP contribution >= 0.6 is 0 Å². The number of aromatic hydroxyl groups is 1. The van der Waals surface area contributed by atoms with Crippen molar-refractivity contribution in [3.05, 3.63) is 29.8 Å². The van der Waals surface area contributed by atoms with E-state index in [-0.39, 0.29) is 18.2 Å². The molecule has 0 bridgehead atoms. The van der Waals surface area contributed by atoms with Gasteiger partial charge in [-0.2, -0.15) is 0 Å². The summed E-state index contributed by atoms with van der Waals surface area (Å²) in [4.78, 5) is 0. The van der Waals surface area contributed by atoms with Crippen LogP contribution in [0.25, 0.3) is 0 Å². The summed E-state index contributed by atoms with van der Waals surface area (Å²) in [7, 11) is 0. The highest BCUT2D eigenvalue weighted by Gasteiger charge is 2.29. The molecular formula is C12H19NO2. The van der Waals surface area contributed by atoms with Gasteiger partial charge in [0.25, 0.3) is 0 Å². The molecule has 1 atom stereocenters. The van der Waals surface area contributed by atoms with Crippen molar-refractivity contribution in [3.63, 3.8) is 0 Å². The van der Waals surface area contributed by atoms with E-state index < -0.39 is 5.60 Å². The van der Waals surface area contributed by atoms with Gasteiger partial charge in [-0.1, -0.05) is 26.0 Å². The van der Waals surface area contributed by atoms with Crippen LogP contribution < -0.4 is 5.73 Å². The SMILES string of the molecule is CC(C)C(O)(CN)Cc1cccc(O)c1. The number of benzene rings is 1. The first-order chi connectivity index (χ1) is 6.98. The molecule has 1 rings (SSSR count). The second-order valence-corrected chi connectivity index (χ2v) is 4.31. The maximum atomic E-state index is 10.2. The van der Waals surface area contributed by atoms with E-state index in [0.717, 1.165) is 5.56 Å². The van der Waals surface area contributed by atoms with Crippen molar-refractivity contribution in [2.24, 2.45) is 11.7 Å². The first-order valence-electron chi connectivity index (χ1n) is 5.18. The van der Waals surface area contributed by atoms with E-state index in [1.165, 1.54) is 0 Å². The van der Waals surface area contributed by atoms with Crippen LogP contribution in [-0.2, 0) is 6.42 Å². The van der Waals surface area contributed by atoms with E-state index in [9.17, 15) is 10.2 Å². The van der Waals surface area contributed by atoms with Crippen molar-refractivity contribution < 1.29 is 10.2 Å². The number of phenols is 1. The van der Waals surface area contributed by atoms with Crippen LogP contribution in [0.5, 0.6) is 5.75 Å². The fourth-order valence-corrected chi connectivity index (χ4v) is 1.53. The molecule has 0 saturated carbocycles. The summed E-state index contributed by atoms with van der Waals surface area (Å²) in [5.41, 5.74) is 5.59. The fraction of sp³-hybridized carbons (Fsp3) is 0.500. The molecule has 0 fully saturated rings. The van der Waals surface area contributed by atoms with Gasteiger partial charge in [-0.25, -0.2) is 0 Å². The Morgan fingerprint density at radius 3 is 2.53 bits per heavy atom. The predicted molar refractivity (Wildman–Crippen MR) is 60.7 cm³/mol. The lowest BCUT2D eigenvalue weighted by Gasteiger charge is -2.30. The first-order valence-corrected chi connectivity index (χ1v) is 5.18. The van der Waals surface area contributed by atoms with E-state index in [1.807, 2.05) is 19.9 Å². The number of hydrogen-bond donors (Lipinski definition) is 3. The van der Waals surface area contributed by atoms with Gasteiger partial charge >= 0.3 is 0 Å². The molecule has 4 N–H and O–H groups in total. The molecule has 0 spiro atoms. The Balaban J connectivity index is 2.84. The van der Waals surface area contributed by atoms with Gasteiger partial charge in [0.1, 0.15) is 5.75 Å². The second kappa shape index (κ2) is 4.64. The normalized spacial score (nSPS) is 15.3. The maximum Gasteiger partial charge on any atom is 0.115 e. The Kier molecular flexibility index (Phi) is 3.72. The van der Waals surface area contributed by atoms with Crippen molar-refractivity contribution in [1.29, 1.82) is 0 Å². The lowest BCUT2D eigenvalue weighted by atomic mass is 9.84. The summed E-state index contributed by atoms with van der Waals surface area (Å²) >= 11 is 0.